The van der Waals surface area contributed by atoms with E-state index in [4.69, 9.17) is 0 Å². The average Bonchev–Trinajstić information content (AvgIpc) is 2.62. The molecular weight excluding hydrogens is 332 g/mol. The van der Waals surface area contributed by atoms with E-state index in [0.717, 1.165) is 17.7 Å². The first-order valence-electron chi connectivity index (χ1n) is 8.75. The van der Waals surface area contributed by atoms with E-state index in [1.54, 1.807) is 16.4 Å². The largest absolute Gasteiger partial charge is 0.297 e. The normalized spacial score (nSPS) is 20.1. The van der Waals surface area contributed by atoms with Crippen molar-refractivity contribution in [1.82, 2.24) is 9.21 Å². The Bertz CT molecular complexity index is 801. The molecule has 25 heavy (non-hydrogen) atoms. The topological polar surface area (TPSA) is 40.6 Å². The second-order valence-electron chi connectivity index (χ2n) is 6.99. The molecule has 0 N–H and O–H groups in total. The number of hydrogen-bond donors (Lipinski definition) is 0. The Morgan fingerprint density at radius 2 is 1.60 bits per heavy atom. The number of sulfonamides is 1. The molecule has 1 unspecified atom stereocenters. The third-order valence-electron chi connectivity index (χ3n) is 4.98. The van der Waals surface area contributed by atoms with Crippen LogP contribution in [0.3, 0.4) is 0 Å². The summed E-state index contributed by atoms with van der Waals surface area (Å²) in [6.45, 7) is 5.94. The molecule has 0 aliphatic carbocycles. The van der Waals surface area contributed by atoms with E-state index < -0.39 is 10.0 Å². The van der Waals surface area contributed by atoms with Crippen LogP contribution in [0.4, 0.5) is 0 Å². The summed E-state index contributed by atoms with van der Waals surface area (Å²) >= 11 is 0. The third-order valence-corrected chi connectivity index (χ3v) is 6.86. The van der Waals surface area contributed by atoms with Gasteiger partial charge in [-0.15, -0.1) is 0 Å². The molecule has 1 heterocycles. The zero-order chi connectivity index (χ0) is 18.0. The van der Waals surface area contributed by atoms with E-state index >= 15 is 0 Å². The molecule has 0 saturated carbocycles. The fraction of sp³-hybridized carbons (Fsp3) is 0.400. The van der Waals surface area contributed by atoms with Crippen molar-refractivity contribution >= 4 is 10.0 Å². The zero-order valence-corrected chi connectivity index (χ0v) is 15.9. The Hall–Kier alpha value is -1.69. The molecule has 1 aliphatic heterocycles. The van der Waals surface area contributed by atoms with Crippen LogP contribution in [-0.2, 0) is 10.0 Å². The van der Waals surface area contributed by atoms with Gasteiger partial charge in [0.05, 0.1) is 4.90 Å². The SMILES string of the molecule is CC(C)c1ccc(S(=O)(=O)N2CCN(C)C(c3ccccc3)C2)cc1. The van der Waals surface area contributed by atoms with Crippen molar-refractivity contribution in [2.45, 2.75) is 30.7 Å². The molecule has 3 rings (SSSR count). The minimum absolute atomic E-state index is 0.0830. The Morgan fingerprint density at radius 1 is 0.960 bits per heavy atom. The molecule has 5 heteroatoms. The van der Waals surface area contributed by atoms with Gasteiger partial charge in [0.2, 0.25) is 10.0 Å². The molecule has 0 radical (unpaired) electrons. The zero-order valence-electron chi connectivity index (χ0n) is 15.1. The molecule has 1 saturated heterocycles. The third kappa shape index (κ3) is 3.78. The van der Waals surface area contributed by atoms with Gasteiger partial charge in [0.25, 0.3) is 0 Å². The van der Waals surface area contributed by atoms with Crippen LogP contribution in [0.1, 0.15) is 36.9 Å². The molecule has 1 fully saturated rings. The maximum absolute atomic E-state index is 13.1. The Balaban J connectivity index is 1.84. The number of nitrogens with zero attached hydrogens (tertiary/aromatic N) is 2. The summed E-state index contributed by atoms with van der Waals surface area (Å²) in [5.74, 6) is 0.392. The summed E-state index contributed by atoms with van der Waals surface area (Å²) in [6, 6.07) is 17.5. The molecule has 0 spiro atoms. The van der Waals surface area contributed by atoms with Crippen molar-refractivity contribution in [2.75, 3.05) is 26.7 Å². The van der Waals surface area contributed by atoms with Gasteiger partial charge in [0.1, 0.15) is 0 Å². The van der Waals surface area contributed by atoms with Crippen molar-refractivity contribution in [1.29, 1.82) is 0 Å². The summed E-state index contributed by atoms with van der Waals surface area (Å²) < 4.78 is 27.7. The first kappa shape index (κ1) is 18.1. The van der Waals surface area contributed by atoms with Gasteiger partial charge in [-0.05, 0) is 36.2 Å². The predicted octanol–water partition coefficient (Wildman–Crippen LogP) is 3.49. The van der Waals surface area contributed by atoms with Crippen LogP contribution in [0.2, 0.25) is 0 Å². The van der Waals surface area contributed by atoms with E-state index in [-0.39, 0.29) is 6.04 Å². The molecule has 0 aromatic heterocycles. The Morgan fingerprint density at radius 3 is 2.20 bits per heavy atom. The van der Waals surface area contributed by atoms with Crippen LogP contribution in [0.25, 0.3) is 0 Å². The van der Waals surface area contributed by atoms with Crippen LogP contribution in [0.5, 0.6) is 0 Å². The number of piperazine rings is 1. The minimum atomic E-state index is -3.46. The van der Waals surface area contributed by atoms with Crippen LogP contribution >= 0.6 is 0 Å². The molecule has 2 aromatic rings. The van der Waals surface area contributed by atoms with Gasteiger partial charge in [0.15, 0.2) is 0 Å². The quantitative estimate of drug-likeness (QED) is 0.840. The summed E-state index contributed by atoms with van der Waals surface area (Å²) in [4.78, 5) is 2.61. The number of benzene rings is 2. The number of likely N-dealkylation sites (N-methyl/N-ethyl adjacent to an activating group) is 1. The molecule has 0 amide bonds. The van der Waals surface area contributed by atoms with Gasteiger partial charge in [0, 0.05) is 25.7 Å². The lowest BCUT2D eigenvalue weighted by atomic mass is 10.0. The highest BCUT2D eigenvalue weighted by Gasteiger charge is 2.33. The number of rotatable bonds is 4. The van der Waals surface area contributed by atoms with Gasteiger partial charge in [-0.1, -0.05) is 56.3 Å². The van der Waals surface area contributed by atoms with E-state index in [1.165, 1.54) is 0 Å². The first-order valence-corrected chi connectivity index (χ1v) is 10.2. The standard InChI is InChI=1S/C20H26N2O2S/c1-16(2)17-9-11-19(12-10-17)25(23,24)22-14-13-21(3)20(15-22)18-7-5-4-6-8-18/h4-12,16,20H,13-15H2,1-3H3. The second kappa shape index (κ2) is 7.28. The van der Waals surface area contributed by atoms with Gasteiger partial charge in [-0.2, -0.15) is 4.31 Å². The van der Waals surface area contributed by atoms with E-state index in [0.29, 0.717) is 23.9 Å². The minimum Gasteiger partial charge on any atom is -0.297 e. The summed E-state index contributed by atoms with van der Waals surface area (Å²) in [6.07, 6.45) is 0. The van der Waals surface area contributed by atoms with Crippen molar-refractivity contribution in [3.05, 3.63) is 65.7 Å². The van der Waals surface area contributed by atoms with Crippen LogP contribution in [-0.4, -0.2) is 44.3 Å². The van der Waals surface area contributed by atoms with Crippen LogP contribution in [0.15, 0.2) is 59.5 Å². The Labute approximate surface area is 151 Å². The second-order valence-corrected chi connectivity index (χ2v) is 8.93. The molecule has 1 aliphatic rings. The summed E-state index contributed by atoms with van der Waals surface area (Å²) in [5, 5.41) is 0. The fourth-order valence-corrected chi connectivity index (χ4v) is 4.71. The van der Waals surface area contributed by atoms with Crippen molar-refractivity contribution < 1.29 is 8.42 Å². The van der Waals surface area contributed by atoms with E-state index in [1.807, 2.05) is 30.3 Å². The molecule has 4 nitrogen and oxygen atoms in total. The Kier molecular flexibility index (Phi) is 5.27. The molecule has 2 aromatic carbocycles. The van der Waals surface area contributed by atoms with Gasteiger partial charge >= 0.3 is 0 Å². The summed E-state index contributed by atoms with van der Waals surface area (Å²) in [5.41, 5.74) is 2.31. The maximum atomic E-state index is 13.1. The highest BCUT2D eigenvalue weighted by Crippen LogP contribution is 2.28. The first-order chi connectivity index (χ1) is 11.9. The molecule has 0 bridgehead atoms. The van der Waals surface area contributed by atoms with Crippen molar-refractivity contribution in [3.8, 4) is 0 Å². The molecular formula is C20H26N2O2S. The monoisotopic (exact) mass is 358 g/mol. The molecule has 1 atom stereocenters. The van der Waals surface area contributed by atoms with Crippen LogP contribution in [0, 0.1) is 0 Å². The lowest BCUT2D eigenvalue weighted by Crippen LogP contribution is -2.48. The smallest absolute Gasteiger partial charge is 0.243 e. The lowest BCUT2D eigenvalue weighted by Gasteiger charge is -2.39. The van der Waals surface area contributed by atoms with Gasteiger partial charge in [-0.3, -0.25) is 4.90 Å². The van der Waals surface area contributed by atoms with E-state index in [2.05, 4.69) is 37.9 Å². The molecule has 134 valence electrons. The van der Waals surface area contributed by atoms with Crippen molar-refractivity contribution in [3.63, 3.8) is 0 Å². The highest BCUT2D eigenvalue weighted by molar-refractivity contribution is 7.89. The average molecular weight is 359 g/mol. The van der Waals surface area contributed by atoms with E-state index in [9.17, 15) is 8.42 Å². The summed E-state index contributed by atoms with van der Waals surface area (Å²) in [7, 11) is -1.41. The maximum Gasteiger partial charge on any atom is 0.243 e. The predicted molar refractivity (Wildman–Crippen MR) is 101 cm³/mol. The number of hydrogen-bond acceptors (Lipinski definition) is 3. The highest BCUT2D eigenvalue weighted by atomic mass is 32.2. The van der Waals surface area contributed by atoms with Gasteiger partial charge in [-0.25, -0.2) is 8.42 Å². The van der Waals surface area contributed by atoms with Gasteiger partial charge < -0.3 is 0 Å². The lowest BCUT2D eigenvalue weighted by molar-refractivity contribution is 0.148. The fourth-order valence-electron chi connectivity index (χ4n) is 3.28. The van der Waals surface area contributed by atoms with Crippen molar-refractivity contribution in [2.24, 2.45) is 0 Å². The van der Waals surface area contributed by atoms with Crippen LogP contribution < -0.4 is 0 Å².